The Bertz CT molecular complexity index is 199. The lowest BCUT2D eigenvalue weighted by molar-refractivity contribution is -0.137. The molecule has 0 aromatic carbocycles. The molecule has 1 amide bonds. The Kier molecular flexibility index (Phi) is 6.59. The van der Waals surface area contributed by atoms with Gasteiger partial charge >= 0.3 is 5.97 Å². The first-order valence-electron chi connectivity index (χ1n) is 4.27. The van der Waals surface area contributed by atoms with Crippen molar-refractivity contribution >= 4 is 11.9 Å². The summed E-state index contributed by atoms with van der Waals surface area (Å²) >= 11 is 0. The molecule has 4 nitrogen and oxygen atoms in total. The summed E-state index contributed by atoms with van der Waals surface area (Å²) in [7, 11) is 0. The minimum atomic E-state index is -0.429. The van der Waals surface area contributed by atoms with E-state index < -0.39 is 5.97 Å². The Balaban J connectivity index is 3.49. The second kappa shape index (κ2) is 7.34. The van der Waals surface area contributed by atoms with Crippen LogP contribution < -0.4 is 5.32 Å². The summed E-state index contributed by atoms with van der Waals surface area (Å²) in [6, 6.07) is 0. The van der Waals surface area contributed by atoms with E-state index in [4.69, 9.17) is 4.74 Å². The van der Waals surface area contributed by atoms with Crippen LogP contribution in [-0.2, 0) is 14.3 Å². The van der Waals surface area contributed by atoms with Gasteiger partial charge in [0.1, 0.15) is 0 Å². The van der Waals surface area contributed by atoms with Crippen LogP contribution in [0.3, 0.4) is 0 Å². The van der Waals surface area contributed by atoms with Crippen LogP contribution in [0.25, 0.3) is 0 Å². The maximum absolute atomic E-state index is 10.8. The number of amides is 1. The van der Waals surface area contributed by atoms with E-state index in [1.54, 1.807) is 0 Å². The third-order valence-corrected chi connectivity index (χ3v) is 1.25. The summed E-state index contributed by atoms with van der Waals surface area (Å²) in [5.74, 6) is -0.639. The van der Waals surface area contributed by atoms with Gasteiger partial charge in [0.15, 0.2) is 0 Å². The fraction of sp³-hybridized carbons (Fsp3) is 0.556. The number of ether oxygens (including phenoxy) is 1. The molecule has 4 heteroatoms. The molecule has 0 fully saturated rings. The number of hydrogen-bond donors (Lipinski definition) is 1. The van der Waals surface area contributed by atoms with Gasteiger partial charge in [0.25, 0.3) is 0 Å². The van der Waals surface area contributed by atoms with Crippen LogP contribution in [0.1, 0.15) is 26.7 Å². The van der Waals surface area contributed by atoms with E-state index in [9.17, 15) is 9.59 Å². The third-order valence-electron chi connectivity index (χ3n) is 1.25. The lowest BCUT2D eigenvalue weighted by atomic mass is 10.4. The number of rotatable bonds is 5. The van der Waals surface area contributed by atoms with Gasteiger partial charge in [0.2, 0.25) is 5.91 Å². The molecule has 0 saturated carbocycles. The average Bonchev–Trinajstić information content (AvgIpc) is 2.04. The van der Waals surface area contributed by atoms with Gasteiger partial charge in [-0.05, 0) is 6.42 Å². The molecule has 1 N–H and O–H groups in total. The topological polar surface area (TPSA) is 55.4 Å². The quantitative estimate of drug-likeness (QED) is 0.394. The molecule has 74 valence electrons. The van der Waals surface area contributed by atoms with Crippen molar-refractivity contribution in [2.45, 2.75) is 26.7 Å². The summed E-state index contributed by atoms with van der Waals surface area (Å²) < 4.78 is 4.79. The second-order valence-electron chi connectivity index (χ2n) is 2.55. The SMILES string of the molecule is CCCCOC(=O)/C=C\NC(C)=O. The summed E-state index contributed by atoms with van der Waals surface area (Å²) in [6.45, 7) is 3.81. The average molecular weight is 185 g/mol. The highest BCUT2D eigenvalue weighted by molar-refractivity contribution is 5.83. The van der Waals surface area contributed by atoms with E-state index >= 15 is 0 Å². The van der Waals surface area contributed by atoms with Crippen LogP contribution in [-0.4, -0.2) is 18.5 Å². The highest BCUT2D eigenvalue weighted by atomic mass is 16.5. The van der Waals surface area contributed by atoms with Gasteiger partial charge in [-0.2, -0.15) is 0 Å². The van der Waals surface area contributed by atoms with Gasteiger partial charge in [0.05, 0.1) is 6.61 Å². The number of carbonyl (C=O) groups excluding carboxylic acids is 2. The summed E-state index contributed by atoms with van der Waals surface area (Å²) in [4.78, 5) is 21.2. The molecule has 0 radical (unpaired) electrons. The fourth-order valence-electron chi connectivity index (χ4n) is 0.592. The predicted octanol–water partition coefficient (Wildman–Crippen LogP) is 0.980. The largest absolute Gasteiger partial charge is 0.462 e. The monoisotopic (exact) mass is 185 g/mol. The Morgan fingerprint density at radius 3 is 2.69 bits per heavy atom. The van der Waals surface area contributed by atoms with Crippen LogP contribution in [0.15, 0.2) is 12.3 Å². The molecule has 0 rings (SSSR count). The first kappa shape index (κ1) is 11.7. The highest BCUT2D eigenvalue weighted by Gasteiger charge is 1.94. The minimum Gasteiger partial charge on any atom is -0.462 e. The second-order valence-corrected chi connectivity index (χ2v) is 2.55. The van der Waals surface area contributed by atoms with Crippen molar-refractivity contribution in [3.05, 3.63) is 12.3 Å². The fourth-order valence-corrected chi connectivity index (χ4v) is 0.592. The standard InChI is InChI=1S/C9H15NO3/c1-3-4-7-13-9(12)5-6-10-8(2)11/h5-6H,3-4,7H2,1-2H3,(H,10,11)/b6-5-. The molecule has 0 aromatic rings. The van der Waals surface area contributed by atoms with Crippen molar-refractivity contribution < 1.29 is 14.3 Å². The molecule has 0 aliphatic rings. The van der Waals surface area contributed by atoms with Crippen LogP contribution in [0.5, 0.6) is 0 Å². The number of hydrogen-bond acceptors (Lipinski definition) is 3. The Morgan fingerprint density at radius 2 is 2.15 bits per heavy atom. The van der Waals surface area contributed by atoms with Crippen molar-refractivity contribution in [1.82, 2.24) is 5.32 Å². The molecule has 0 saturated heterocycles. The van der Waals surface area contributed by atoms with Crippen LogP contribution >= 0.6 is 0 Å². The molecule has 0 bridgehead atoms. The van der Waals surface area contributed by atoms with Crippen LogP contribution in [0.2, 0.25) is 0 Å². The zero-order valence-electron chi connectivity index (χ0n) is 8.00. The van der Waals surface area contributed by atoms with Gasteiger partial charge < -0.3 is 10.1 Å². The number of esters is 1. The first-order valence-corrected chi connectivity index (χ1v) is 4.27. The van der Waals surface area contributed by atoms with E-state index in [0.29, 0.717) is 6.61 Å². The van der Waals surface area contributed by atoms with Gasteiger partial charge in [-0.3, -0.25) is 4.79 Å². The Hall–Kier alpha value is -1.32. The first-order chi connectivity index (χ1) is 6.16. The van der Waals surface area contributed by atoms with Crippen molar-refractivity contribution in [2.75, 3.05) is 6.61 Å². The molecule has 0 atom stereocenters. The van der Waals surface area contributed by atoms with Gasteiger partial charge in [-0.15, -0.1) is 0 Å². The summed E-state index contributed by atoms with van der Waals surface area (Å²) in [5, 5.41) is 2.35. The van der Waals surface area contributed by atoms with E-state index in [1.807, 2.05) is 6.92 Å². The van der Waals surface area contributed by atoms with Crippen molar-refractivity contribution in [1.29, 1.82) is 0 Å². The van der Waals surface area contributed by atoms with Gasteiger partial charge in [-0.1, -0.05) is 13.3 Å². The molecule has 0 aliphatic heterocycles. The molecule has 0 aromatic heterocycles. The van der Waals surface area contributed by atoms with E-state index in [1.165, 1.54) is 19.2 Å². The number of nitrogens with one attached hydrogen (secondary N) is 1. The maximum atomic E-state index is 10.8. The molecule has 0 unspecified atom stereocenters. The lowest BCUT2D eigenvalue weighted by Crippen LogP contribution is -2.13. The predicted molar refractivity (Wildman–Crippen MR) is 48.8 cm³/mol. The molecular formula is C9H15NO3. The highest BCUT2D eigenvalue weighted by Crippen LogP contribution is 1.88. The number of unbranched alkanes of at least 4 members (excludes halogenated alkanes) is 1. The van der Waals surface area contributed by atoms with E-state index in [2.05, 4.69) is 5.32 Å². The van der Waals surface area contributed by atoms with Crippen LogP contribution in [0, 0.1) is 0 Å². The van der Waals surface area contributed by atoms with E-state index in [0.717, 1.165) is 12.8 Å². The summed E-state index contributed by atoms with van der Waals surface area (Å²) in [6.07, 6.45) is 4.32. The minimum absolute atomic E-state index is 0.211. The normalized spacial score (nSPS) is 10.0. The van der Waals surface area contributed by atoms with Crippen molar-refractivity contribution in [2.24, 2.45) is 0 Å². The Morgan fingerprint density at radius 1 is 1.46 bits per heavy atom. The van der Waals surface area contributed by atoms with E-state index in [-0.39, 0.29) is 5.91 Å². The van der Waals surface area contributed by atoms with Gasteiger partial charge in [-0.25, -0.2) is 4.79 Å². The smallest absolute Gasteiger partial charge is 0.332 e. The lowest BCUT2D eigenvalue weighted by Gasteiger charge is -1.98. The van der Waals surface area contributed by atoms with Crippen molar-refractivity contribution in [3.8, 4) is 0 Å². The molecule has 0 spiro atoms. The van der Waals surface area contributed by atoms with Gasteiger partial charge in [0, 0.05) is 19.2 Å². The molecule has 0 heterocycles. The third kappa shape index (κ3) is 8.59. The number of carbonyl (C=O) groups is 2. The molecule has 0 aliphatic carbocycles. The molecule has 13 heavy (non-hydrogen) atoms. The van der Waals surface area contributed by atoms with Crippen molar-refractivity contribution in [3.63, 3.8) is 0 Å². The Labute approximate surface area is 78.0 Å². The maximum Gasteiger partial charge on any atom is 0.332 e. The zero-order chi connectivity index (χ0) is 10.1. The van der Waals surface area contributed by atoms with Crippen LogP contribution in [0.4, 0.5) is 0 Å². The molecular weight excluding hydrogens is 170 g/mol. The zero-order valence-corrected chi connectivity index (χ0v) is 8.00. The summed E-state index contributed by atoms with van der Waals surface area (Å²) in [5.41, 5.74) is 0.